The minimum absolute atomic E-state index is 0.165. The van der Waals surface area contributed by atoms with Gasteiger partial charge in [-0.3, -0.25) is 10.8 Å². The minimum atomic E-state index is 0.165. The number of hydrogen-bond acceptors (Lipinski definition) is 4. The van der Waals surface area contributed by atoms with Crippen molar-refractivity contribution in [3.05, 3.63) is 35.9 Å². The van der Waals surface area contributed by atoms with Gasteiger partial charge in [0.2, 0.25) is 0 Å². The van der Waals surface area contributed by atoms with E-state index in [-0.39, 0.29) is 5.75 Å². The van der Waals surface area contributed by atoms with E-state index < -0.39 is 0 Å². The monoisotopic (exact) mass is 229 g/mol. The second-order valence-electron chi connectivity index (χ2n) is 4.05. The van der Waals surface area contributed by atoms with Gasteiger partial charge in [0.15, 0.2) is 0 Å². The predicted molar refractivity (Wildman–Crippen MR) is 70.0 cm³/mol. The lowest BCUT2D eigenvalue weighted by Crippen LogP contribution is -2.15. The van der Waals surface area contributed by atoms with E-state index in [0.717, 1.165) is 18.4 Å². The fraction of sp³-hybridized carbons (Fsp3) is 0.231. The molecule has 1 aromatic rings. The minimum Gasteiger partial charge on any atom is -0.506 e. The van der Waals surface area contributed by atoms with Crippen LogP contribution in [0.25, 0.3) is 0 Å². The highest BCUT2D eigenvalue weighted by Gasteiger charge is 2.08. The van der Waals surface area contributed by atoms with Gasteiger partial charge in [0.1, 0.15) is 5.75 Å². The van der Waals surface area contributed by atoms with E-state index in [1.807, 2.05) is 25.1 Å². The Morgan fingerprint density at radius 2 is 2.24 bits per heavy atom. The van der Waals surface area contributed by atoms with E-state index in [9.17, 15) is 5.11 Å². The van der Waals surface area contributed by atoms with Gasteiger partial charge in [0.25, 0.3) is 0 Å². The zero-order valence-electron chi connectivity index (χ0n) is 9.70. The summed E-state index contributed by atoms with van der Waals surface area (Å²) >= 11 is 0. The number of anilines is 1. The van der Waals surface area contributed by atoms with Crippen molar-refractivity contribution in [2.45, 2.75) is 19.8 Å². The molecule has 17 heavy (non-hydrogen) atoms. The smallest absolute Gasteiger partial charge is 0.140 e. The molecule has 1 aliphatic rings. The Balaban J connectivity index is 2.16. The topological polar surface area (TPSA) is 68.5 Å². The Kier molecular flexibility index (Phi) is 3.23. The fourth-order valence-corrected chi connectivity index (χ4v) is 1.64. The zero-order chi connectivity index (χ0) is 12.3. The van der Waals surface area contributed by atoms with Gasteiger partial charge in [-0.2, -0.15) is 5.10 Å². The van der Waals surface area contributed by atoms with Crippen LogP contribution in [0.1, 0.15) is 18.4 Å². The Hall–Kier alpha value is -2.10. The highest BCUT2D eigenvalue weighted by molar-refractivity contribution is 6.46. The fourth-order valence-electron chi connectivity index (χ4n) is 1.64. The molecule has 1 aromatic carbocycles. The Bertz CT molecular complexity index is 503. The summed E-state index contributed by atoms with van der Waals surface area (Å²) in [5.74, 6) is 0.165. The summed E-state index contributed by atoms with van der Waals surface area (Å²) < 4.78 is 0. The Morgan fingerprint density at radius 3 is 3.00 bits per heavy atom. The maximum absolute atomic E-state index is 9.63. The van der Waals surface area contributed by atoms with E-state index >= 15 is 0 Å². The lowest BCUT2D eigenvalue weighted by atomic mass is 10.0. The van der Waals surface area contributed by atoms with E-state index in [0.29, 0.717) is 17.1 Å². The van der Waals surface area contributed by atoms with Crippen LogP contribution in [0.5, 0.6) is 5.75 Å². The van der Waals surface area contributed by atoms with Crippen LogP contribution in [0.15, 0.2) is 35.5 Å². The summed E-state index contributed by atoms with van der Waals surface area (Å²) in [4.78, 5) is 0. The molecule has 4 heteroatoms. The Morgan fingerprint density at radius 1 is 1.41 bits per heavy atom. The summed E-state index contributed by atoms with van der Waals surface area (Å²) in [6, 6.07) is 5.28. The molecule has 0 aliphatic heterocycles. The van der Waals surface area contributed by atoms with Crippen molar-refractivity contribution >= 4 is 17.1 Å². The van der Waals surface area contributed by atoms with Crippen molar-refractivity contribution < 1.29 is 5.11 Å². The number of phenolic OH excluding ortho intramolecular Hbond substituents is 1. The molecule has 0 amide bonds. The summed E-state index contributed by atoms with van der Waals surface area (Å²) in [6.45, 7) is 1.95. The molecule has 0 saturated carbocycles. The second kappa shape index (κ2) is 4.82. The lowest BCUT2D eigenvalue weighted by molar-refractivity contribution is 0.477. The average Bonchev–Trinajstić information content (AvgIpc) is 2.32. The number of aromatic hydroxyl groups is 1. The van der Waals surface area contributed by atoms with Crippen LogP contribution in [0, 0.1) is 12.3 Å². The van der Waals surface area contributed by atoms with Crippen molar-refractivity contribution in [1.82, 2.24) is 0 Å². The molecule has 0 aromatic heterocycles. The third-order valence-electron chi connectivity index (χ3n) is 2.61. The van der Waals surface area contributed by atoms with Crippen LogP contribution in [-0.4, -0.2) is 16.5 Å². The molecule has 0 unspecified atom stereocenters. The predicted octanol–water partition coefficient (Wildman–Crippen LogP) is 2.84. The van der Waals surface area contributed by atoms with Crippen molar-refractivity contribution in [1.29, 1.82) is 5.41 Å². The number of allylic oxidation sites excluding steroid dienone is 2. The first kappa shape index (κ1) is 11.4. The van der Waals surface area contributed by atoms with Crippen LogP contribution in [-0.2, 0) is 0 Å². The normalized spacial score (nSPS) is 17.5. The standard InChI is InChI=1S/C13H15N3O/c1-9-6-7-13(17)12(8-9)16-15-11-5-3-2-4-10(11)14/h2,4,6-8,14,16-17H,3,5H2,1H3/b14-10?,15-11-. The molecular weight excluding hydrogens is 214 g/mol. The molecule has 2 rings (SSSR count). The van der Waals surface area contributed by atoms with Gasteiger partial charge >= 0.3 is 0 Å². The number of nitrogens with one attached hydrogen (secondary N) is 2. The summed E-state index contributed by atoms with van der Waals surface area (Å²) in [5, 5.41) is 21.5. The van der Waals surface area contributed by atoms with Crippen molar-refractivity contribution in [3.8, 4) is 5.75 Å². The number of nitrogens with zero attached hydrogens (tertiary/aromatic N) is 1. The SMILES string of the molecule is Cc1ccc(O)c(N/N=C2/CCC=CC2=N)c1. The molecule has 0 saturated heterocycles. The molecule has 1 aliphatic carbocycles. The number of hydrazone groups is 1. The third-order valence-corrected chi connectivity index (χ3v) is 2.61. The van der Waals surface area contributed by atoms with Crippen molar-refractivity contribution in [2.75, 3.05) is 5.43 Å². The number of hydrogen-bond donors (Lipinski definition) is 3. The van der Waals surface area contributed by atoms with Crippen LogP contribution >= 0.6 is 0 Å². The first-order chi connectivity index (χ1) is 8.16. The van der Waals surface area contributed by atoms with Crippen molar-refractivity contribution in [2.24, 2.45) is 5.10 Å². The quantitative estimate of drug-likeness (QED) is 0.539. The Labute approximate surface area is 100 Å². The van der Waals surface area contributed by atoms with Gasteiger partial charge < -0.3 is 5.11 Å². The van der Waals surface area contributed by atoms with Crippen LogP contribution < -0.4 is 5.43 Å². The largest absolute Gasteiger partial charge is 0.506 e. The van der Waals surface area contributed by atoms with Gasteiger partial charge in [-0.25, -0.2) is 0 Å². The summed E-state index contributed by atoms with van der Waals surface area (Å²) in [5.41, 5.74) is 5.57. The summed E-state index contributed by atoms with van der Waals surface area (Å²) in [6.07, 6.45) is 5.38. The number of rotatable bonds is 2. The van der Waals surface area contributed by atoms with Gasteiger partial charge in [-0.15, -0.1) is 0 Å². The zero-order valence-corrected chi connectivity index (χ0v) is 9.70. The second-order valence-corrected chi connectivity index (χ2v) is 4.05. The highest BCUT2D eigenvalue weighted by Crippen LogP contribution is 2.23. The van der Waals surface area contributed by atoms with Gasteiger partial charge in [0, 0.05) is 0 Å². The van der Waals surface area contributed by atoms with E-state index in [1.165, 1.54) is 0 Å². The number of phenols is 1. The van der Waals surface area contributed by atoms with E-state index in [2.05, 4.69) is 10.5 Å². The molecule has 0 radical (unpaired) electrons. The first-order valence-electron chi connectivity index (χ1n) is 5.54. The van der Waals surface area contributed by atoms with Gasteiger partial charge in [0.05, 0.1) is 17.1 Å². The van der Waals surface area contributed by atoms with Gasteiger partial charge in [-0.1, -0.05) is 12.1 Å². The molecule has 3 N–H and O–H groups in total. The van der Waals surface area contributed by atoms with Crippen LogP contribution in [0.4, 0.5) is 5.69 Å². The lowest BCUT2D eigenvalue weighted by Gasteiger charge is -2.10. The van der Waals surface area contributed by atoms with Crippen LogP contribution in [0.3, 0.4) is 0 Å². The molecular formula is C13H15N3O. The van der Waals surface area contributed by atoms with Crippen LogP contribution in [0.2, 0.25) is 0 Å². The number of aryl methyl sites for hydroxylation is 1. The third kappa shape index (κ3) is 2.72. The van der Waals surface area contributed by atoms with E-state index in [4.69, 9.17) is 5.41 Å². The average molecular weight is 229 g/mol. The molecule has 0 spiro atoms. The first-order valence-corrected chi connectivity index (χ1v) is 5.54. The molecule has 88 valence electrons. The van der Waals surface area contributed by atoms with E-state index in [1.54, 1.807) is 12.1 Å². The summed E-state index contributed by atoms with van der Waals surface area (Å²) in [7, 11) is 0. The molecule has 0 heterocycles. The number of benzene rings is 1. The molecule has 0 fully saturated rings. The maximum Gasteiger partial charge on any atom is 0.140 e. The molecule has 0 atom stereocenters. The van der Waals surface area contributed by atoms with Crippen molar-refractivity contribution in [3.63, 3.8) is 0 Å². The molecule has 0 bridgehead atoms. The highest BCUT2D eigenvalue weighted by atomic mass is 16.3. The maximum atomic E-state index is 9.63. The van der Waals surface area contributed by atoms with Gasteiger partial charge in [-0.05, 0) is 43.5 Å². The molecule has 4 nitrogen and oxygen atoms in total.